The Bertz CT molecular complexity index is 469. The predicted molar refractivity (Wildman–Crippen MR) is 120 cm³/mol. The van der Waals surface area contributed by atoms with Gasteiger partial charge in [0.15, 0.2) is 0 Å². The molecule has 1 rings (SSSR count). The normalized spacial score (nSPS) is 13.0. The van der Waals surface area contributed by atoms with Crippen molar-refractivity contribution < 1.29 is 9.13 Å². The van der Waals surface area contributed by atoms with E-state index in [1.165, 1.54) is 76.2 Å². The topological polar surface area (TPSA) is 9.23 Å². The summed E-state index contributed by atoms with van der Waals surface area (Å²) in [5.41, 5.74) is 1.30. The van der Waals surface area contributed by atoms with Gasteiger partial charge in [0.05, 0.1) is 5.60 Å². The predicted octanol–water partition coefficient (Wildman–Crippen LogP) is 8.50. The summed E-state index contributed by atoms with van der Waals surface area (Å²) in [7, 11) is 1.91. The van der Waals surface area contributed by atoms with Crippen molar-refractivity contribution in [1.82, 2.24) is 0 Å². The van der Waals surface area contributed by atoms with Gasteiger partial charge in [0.2, 0.25) is 0 Å². The fourth-order valence-corrected chi connectivity index (χ4v) is 4.67. The van der Waals surface area contributed by atoms with Gasteiger partial charge >= 0.3 is 0 Å². The van der Waals surface area contributed by atoms with Crippen LogP contribution in [-0.2, 0) is 11.2 Å². The van der Waals surface area contributed by atoms with Gasteiger partial charge in [-0.3, -0.25) is 0 Å². The third kappa shape index (κ3) is 9.07. The van der Waals surface area contributed by atoms with Gasteiger partial charge in [-0.2, -0.15) is 0 Å². The Balaban J connectivity index is 2.41. The summed E-state index contributed by atoms with van der Waals surface area (Å²) in [5.74, 6) is 0.529. The smallest absolute Gasteiger partial charge is 0.123 e. The number of hydrogen-bond acceptors (Lipinski definition) is 1. The zero-order valence-electron chi connectivity index (χ0n) is 19.1. The second-order valence-corrected chi connectivity index (χ2v) is 8.46. The van der Waals surface area contributed by atoms with Crippen LogP contribution in [0.4, 0.5) is 4.39 Å². The molecule has 28 heavy (non-hydrogen) atoms. The summed E-state index contributed by atoms with van der Waals surface area (Å²) < 4.78 is 19.1. The summed E-state index contributed by atoms with van der Waals surface area (Å²) in [5, 5.41) is 0. The second-order valence-electron chi connectivity index (χ2n) is 8.46. The molecule has 0 saturated heterocycles. The number of unbranched alkanes of at least 4 members (excludes halogenated alkanes) is 7. The molecule has 0 radical (unpaired) electrons. The first kappa shape index (κ1) is 25.1. The molecular weight excluding hydrogens is 347 g/mol. The van der Waals surface area contributed by atoms with Crippen LogP contribution >= 0.6 is 0 Å². The Kier molecular flexibility index (Phi) is 13.5. The summed E-state index contributed by atoms with van der Waals surface area (Å²) in [6, 6.07) is 6.98. The zero-order chi connectivity index (χ0) is 20.7. The maximum Gasteiger partial charge on any atom is 0.123 e. The van der Waals surface area contributed by atoms with Crippen LogP contribution in [-0.4, -0.2) is 12.7 Å². The van der Waals surface area contributed by atoms with Crippen molar-refractivity contribution in [1.29, 1.82) is 0 Å². The number of hydrogen-bond donors (Lipinski definition) is 0. The van der Waals surface area contributed by atoms with Gasteiger partial charge in [-0.25, -0.2) is 4.39 Å². The van der Waals surface area contributed by atoms with E-state index in [9.17, 15) is 4.39 Å². The van der Waals surface area contributed by atoms with E-state index < -0.39 is 0 Å². The van der Waals surface area contributed by atoms with Gasteiger partial charge in [0, 0.05) is 7.11 Å². The van der Waals surface area contributed by atoms with E-state index >= 15 is 0 Å². The van der Waals surface area contributed by atoms with Gasteiger partial charge < -0.3 is 4.74 Å². The second kappa shape index (κ2) is 15.0. The Morgan fingerprint density at radius 1 is 0.786 bits per heavy atom. The number of aryl methyl sites for hydroxylation is 1. The standard InChI is InChI=1S/C26H45FO/c1-5-8-9-10-11-14-17-24(26(6-2,7-3)28-4)18-15-12-13-16-23-19-21-25(27)22-20-23/h19-22,24H,5-18H2,1-4H3. The minimum absolute atomic E-state index is 0.0559. The van der Waals surface area contributed by atoms with Crippen LogP contribution in [0.25, 0.3) is 0 Å². The van der Waals surface area contributed by atoms with E-state index in [2.05, 4.69) is 20.8 Å². The van der Waals surface area contributed by atoms with E-state index in [4.69, 9.17) is 4.74 Å². The lowest BCUT2D eigenvalue weighted by Crippen LogP contribution is -2.39. The highest BCUT2D eigenvalue weighted by atomic mass is 19.1. The molecule has 0 aliphatic carbocycles. The molecule has 1 nitrogen and oxygen atoms in total. The number of rotatable bonds is 17. The monoisotopic (exact) mass is 392 g/mol. The van der Waals surface area contributed by atoms with Crippen molar-refractivity contribution in [2.75, 3.05) is 7.11 Å². The molecule has 2 heteroatoms. The lowest BCUT2D eigenvalue weighted by Gasteiger charge is -2.39. The average molecular weight is 393 g/mol. The molecule has 0 bridgehead atoms. The van der Waals surface area contributed by atoms with Gasteiger partial charge in [-0.1, -0.05) is 84.3 Å². The Morgan fingerprint density at radius 2 is 1.32 bits per heavy atom. The highest BCUT2D eigenvalue weighted by Gasteiger charge is 2.34. The van der Waals surface area contributed by atoms with Crippen LogP contribution in [0.2, 0.25) is 0 Å². The molecular formula is C26H45FO. The highest BCUT2D eigenvalue weighted by Crippen LogP contribution is 2.36. The Hall–Kier alpha value is -0.890. The first-order chi connectivity index (χ1) is 13.6. The maximum atomic E-state index is 13.0. The van der Waals surface area contributed by atoms with Gasteiger partial charge in [0.1, 0.15) is 5.82 Å². The molecule has 0 spiro atoms. The molecule has 0 fully saturated rings. The molecule has 1 aromatic rings. The molecule has 0 heterocycles. The van der Waals surface area contributed by atoms with Crippen molar-refractivity contribution >= 4 is 0 Å². The quantitative estimate of drug-likeness (QED) is 0.241. The Labute approximate surface area is 174 Å². The van der Waals surface area contributed by atoms with Crippen LogP contribution < -0.4 is 0 Å². The van der Waals surface area contributed by atoms with Crippen LogP contribution in [0.5, 0.6) is 0 Å². The van der Waals surface area contributed by atoms with Gasteiger partial charge in [0.25, 0.3) is 0 Å². The van der Waals surface area contributed by atoms with Crippen molar-refractivity contribution in [2.24, 2.45) is 5.92 Å². The lowest BCUT2D eigenvalue weighted by atomic mass is 9.76. The van der Waals surface area contributed by atoms with Crippen molar-refractivity contribution in [3.63, 3.8) is 0 Å². The first-order valence-electron chi connectivity index (χ1n) is 11.9. The van der Waals surface area contributed by atoms with Crippen molar-refractivity contribution in [2.45, 2.75) is 116 Å². The van der Waals surface area contributed by atoms with E-state index in [-0.39, 0.29) is 11.4 Å². The summed E-state index contributed by atoms with van der Waals surface area (Å²) in [6.07, 6.45) is 17.7. The van der Waals surface area contributed by atoms with E-state index in [1.54, 1.807) is 12.1 Å². The summed E-state index contributed by atoms with van der Waals surface area (Å²) in [6.45, 7) is 6.85. The molecule has 0 aliphatic heterocycles. The zero-order valence-corrected chi connectivity index (χ0v) is 19.1. The summed E-state index contributed by atoms with van der Waals surface area (Å²) >= 11 is 0. The summed E-state index contributed by atoms with van der Waals surface area (Å²) in [4.78, 5) is 0. The number of benzene rings is 1. The van der Waals surface area contributed by atoms with E-state index in [0.717, 1.165) is 19.3 Å². The minimum atomic E-state index is -0.142. The molecule has 0 saturated carbocycles. The molecule has 1 atom stereocenters. The third-order valence-corrected chi connectivity index (χ3v) is 6.68. The molecule has 0 aromatic heterocycles. The molecule has 1 aromatic carbocycles. The van der Waals surface area contributed by atoms with Crippen LogP contribution in [0.15, 0.2) is 24.3 Å². The largest absolute Gasteiger partial charge is 0.378 e. The molecule has 1 unspecified atom stereocenters. The fraction of sp³-hybridized carbons (Fsp3) is 0.769. The lowest BCUT2D eigenvalue weighted by molar-refractivity contribution is -0.0712. The number of ether oxygens (including phenoxy) is 1. The molecule has 0 aliphatic rings. The minimum Gasteiger partial charge on any atom is -0.378 e. The van der Waals surface area contributed by atoms with Crippen LogP contribution in [0.3, 0.4) is 0 Å². The van der Waals surface area contributed by atoms with Gasteiger partial charge in [-0.05, 0) is 62.1 Å². The Morgan fingerprint density at radius 3 is 1.86 bits per heavy atom. The first-order valence-corrected chi connectivity index (χ1v) is 11.9. The van der Waals surface area contributed by atoms with Crippen LogP contribution in [0, 0.1) is 11.7 Å². The molecule has 0 amide bonds. The van der Waals surface area contributed by atoms with Crippen molar-refractivity contribution in [3.05, 3.63) is 35.6 Å². The highest BCUT2D eigenvalue weighted by molar-refractivity contribution is 5.15. The van der Waals surface area contributed by atoms with Crippen LogP contribution in [0.1, 0.15) is 110 Å². The third-order valence-electron chi connectivity index (χ3n) is 6.68. The number of methoxy groups -OCH3 is 1. The number of halogens is 1. The van der Waals surface area contributed by atoms with E-state index in [1.807, 2.05) is 19.2 Å². The fourth-order valence-electron chi connectivity index (χ4n) is 4.67. The molecule has 162 valence electrons. The average Bonchev–Trinajstić information content (AvgIpc) is 2.72. The maximum absolute atomic E-state index is 13.0. The molecule has 0 N–H and O–H groups in total. The van der Waals surface area contributed by atoms with E-state index in [0.29, 0.717) is 5.92 Å². The van der Waals surface area contributed by atoms with Gasteiger partial charge in [-0.15, -0.1) is 0 Å². The SMILES string of the molecule is CCCCCCCCC(CCCCCc1ccc(F)cc1)C(CC)(CC)OC. The van der Waals surface area contributed by atoms with Crippen molar-refractivity contribution in [3.8, 4) is 0 Å².